The van der Waals surface area contributed by atoms with Crippen LogP contribution >= 0.6 is 0 Å². The molecule has 0 aliphatic rings. The molecule has 5 nitrogen and oxygen atoms in total. The minimum Gasteiger partial charge on any atom is -0.328 e. The third kappa shape index (κ3) is 5.96. The van der Waals surface area contributed by atoms with Crippen molar-refractivity contribution in [1.82, 2.24) is 5.32 Å². The highest BCUT2D eigenvalue weighted by Gasteiger charge is 2.21. The van der Waals surface area contributed by atoms with Crippen LogP contribution in [0.3, 0.4) is 0 Å². The van der Waals surface area contributed by atoms with Crippen LogP contribution < -0.4 is 5.32 Å². The first-order valence-corrected chi connectivity index (χ1v) is 3.96. The van der Waals surface area contributed by atoms with Crippen molar-refractivity contribution in [2.24, 2.45) is 0 Å². The molecule has 0 fully saturated rings. The molecule has 0 radical (unpaired) electrons. The zero-order valence-electron chi connectivity index (χ0n) is 6.58. The van der Waals surface area contributed by atoms with Crippen molar-refractivity contribution in [3.8, 4) is 0 Å². The van der Waals surface area contributed by atoms with Crippen molar-refractivity contribution in [3.05, 3.63) is 0 Å². The summed E-state index contributed by atoms with van der Waals surface area (Å²) in [6.07, 6.45) is 0. The molecule has 0 aromatic carbocycles. The first-order chi connectivity index (χ1) is 4.83. The standard InChI is InChI=1S/C5H11NO4S/c1-4(7)6-5(2,3)10-11(8)9/h1-3H3,(H,6,7)(H,8,9). The second-order valence-electron chi connectivity index (χ2n) is 2.49. The van der Waals surface area contributed by atoms with Crippen LogP contribution in [0.1, 0.15) is 20.8 Å². The molecule has 0 saturated heterocycles. The number of amides is 1. The molecule has 1 amide bonds. The second kappa shape index (κ2) is 3.80. The quantitative estimate of drug-likeness (QED) is 0.475. The molecule has 0 saturated carbocycles. The Hall–Kier alpha value is -0.460. The van der Waals surface area contributed by atoms with Crippen molar-refractivity contribution >= 4 is 17.3 Å². The zero-order valence-corrected chi connectivity index (χ0v) is 7.40. The molecule has 66 valence electrons. The van der Waals surface area contributed by atoms with E-state index in [-0.39, 0.29) is 5.91 Å². The lowest BCUT2D eigenvalue weighted by Crippen LogP contribution is -2.44. The Balaban J connectivity index is 3.99. The average molecular weight is 181 g/mol. The van der Waals surface area contributed by atoms with Gasteiger partial charge in [0, 0.05) is 6.92 Å². The van der Waals surface area contributed by atoms with Crippen LogP contribution in [0, 0.1) is 0 Å². The summed E-state index contributed by atoms with van der Waals surface area (Å²) in [6.45, 7) is 4.25. The van der Waals surface area contributed by atoms with Gasteiger partial charge >= 0.3 is 11.4 Å². The number of rotatable bonds is 3. The van der Waals surface area contributed by atoms with Crippen LogP contribution in [0.2, 0.25) is 0 Å². The van der Waals surface area contributed by atoms with Gasteiger partial charge in [-0.1, -0.05) is 0 Å². The average Bonchev–Trinajstić information content (AvgIpc) is 1.53. The summed E-state index contributed by atoms with van der Waals surface area (Å²) in [5, 5.41) is 2.34. The highest BCUT2D eigenvalue weighted by Crippen LogP contribution is 2.04. The van der Waals surface area contributed by atoms with Crippen LogP contribution in [0.5, 0.6) is 0 Å². The van der Waals surface area contributed by atoms with E-state index in [1.807, 2.05) is 0 Å². The van der Waals surface area contributed by atoms with Crippen LogP contribution in [-0.2, 0) is 20.3 Å². The monoisotopic (exact) mass is 181 g/mol. The Morgan fingerprint density at radius 1 is 1.64 bits per heavy atom. The van der Waals surface area contributed by atoms with Gasteiger partial charge < -0.3 is 5.32 Å². The topological polar surface area (TPSA) is 75.6 Å². The number of hydrogen-bond donors (Lipinski definition) is 2. The molecule has 0 aromatic heterocycles. The summed E-state index contributed by atoms with van der Waals surface area (Å²) >= 11 is -2.37. The summed E-state index contributed by atoms with van der Waals surface area (Å²) in [5.41, 5.74) is -1.11. The fraction of sp³-hybridized carbons (Fsp3) is 0.800. The Labute approximate surface area is 67.6 Å². The number of carbonyl (C=O) groups excluding carboxylic acids is 1. The lowest BCUT2D eigenvalue weighted by atomic mass is 10.3. The molecular weight excluding hydrogens is 170 g/mol. The minimum absolute atomic E-state index is 0.319. The predicted octanol–water partition coefficient (Wildman–Crippen LogP) is 0.0119. The van der Waals surface area contributed by atoms with Crippen LogP contribution in [0.4, 0.5) is 0 Å². The molecule has 0 aliphatic carbocycles. The van der Waals surface area contributed by atoms with E-state index in [2.05, 4.69) is 9.50 Å². The van der Waals surface area contributed by atoms with E-state index in [1.54, 1.807) is 0 Å². The Morgan fingerprint density at radius 3 is 2.36 bits per heavy atom. The Bertz CT molecular complexity index is 161. The van der Waals surface area contributed by atoms with Crippen molar-refractivity contribution in [2.75, 3.05) is 0 Å². The summed E-state index contributed by atoms with van der Waals surface area (Å²) < 4.78 is 22.9. The Morgan fingerprint density at radius 2 is 2.09 bits per heavy atom. The third-order valence-corrected chi connectivity index (χ3v) is 1.32. The van der Waals surface area contributed by atoms with Gasteiger partial charge in [0.25, 0.3) is 0 Å². The molecule has 1 unspecified atom stereocenters. The number of carbonyl (C=O) groups is 1. The van der Waals surface area contributed by atoms with Crippen LogP contribution in [0.25, 0.3) is 0 Å². The van der Waals surface area contributed by atoms with Gasteiger partial charge in [0.05, 0.1) is 0 Å². The van der Waals surface area contributed by atoms with Crippen molar-refractivity contribution in [2.45, 2.75) is 26.5 Å². The van der Waals surface area contributed by atoms with E-state index >= 15 is 0 Å². The normalized spacial score (nSPS) is 14.2. The highest BCUT2D eigenvalue weighted by molar-refractivity contribution is 7.74. The van der Waals surface area contributed by atoms with Gasteiger partial charge in [0.2, 0.25) is 5.91 Å². The smallest absolute Gasteiger partial charge is 0.304 e. The minimum atomic E-state index is -2.37. The van der Waals surface area contributed by atoms with Crippen LogP contribution in [-0.4, -0.2) is 20.4 Å². The van der Waals surface area contributed by atoms with Gasteiger partial charge in [0.15, 0.2) is 5.72 Å². The van der Waals surface area contributed by atoms with Crippen LogP contribution in [0.15, 0.2) is 0 Å². The van der Waals surface area contributed by atoms with Gasteiger partial charge in [-0.3, -0.25) is 9.35 Å². The van der Waals surface area contributed by atoms with Gasteiger partial charge in [-0.2, -0.15) is 4.21 Å². The molecule has 0 spiro atoms. The third-order valence-electron chi connectivity index (χ3n) is 0.757. The molecule has 0 aromatic rings. The van der Waals surface area contributed by atoms with Crippen molar-refractivity contribution < 1.29 is 17.7 Å². The molecule has 0 rings (SSSR count). The van der Waals surface area contributed by atoms with E-state index < -0.39 is 17.1 Å². The second-order valence-corrected chi connectivity index (χ2v) is 3.09. The molecule has 0 heterocycles. The molecule has 0 aliphatic heterocycles. The molecule has 1 atom stereocenters. The first-order valence-electron chi connectivity index (χ1n) is 2.92. The van der Waals surface area contributed by atoms with E-state index in [0.29, 0.717) is 0 Å². The van der Waals surface area contributed by atoms with Crippen molar-refractivity contribution in [1.29, 1.82) is 0 Å². The highest BCUT2D eigenvalue weighted by atomic mass is 32.2. The summed E-state index contributed by atoms with van der Waals surface area (Å²) in [4.78, 5) is 10.5. The largest absolute Gasteiger partial charge is 0.328 e. The van der Waals surface area contributed by atoms with Gasteiger partial charge in [-0.25, -0.2) is 4.18 Å². The molecular formula is C5H11NO4S. The van der Waals surface area contributed by atoms with E-state index in [0.717, 1.165) is 0 Å². The van der Waals surface area contributed by atoms with Gasteiger partial charge in [0.1, 0.15) is 0 Å². The summed E-state index contributed by atoms with van der Waals surface area (Å²) in [7, 11) is 0. The Kier molecular flexibility index (Phi) is 3.64. The maximum absolute atomic E-state index is 10.5. The zero-order chi connectivity index (χ0) is 9.07. The maximum atomic E-state index is 10.5. The molecule has 0 bridgehead atoms. The molecule has 11 heavy (non-hydrogen) atoms. The summed E-state index contributed by atoms with van der Waals surface area (Å²) in [6, 6.07) is 0. The number of hydrogen-bond acceptors (Lipinski definition) is 3. The fourth-order valence-corrected chi connectivity index (χ4v) is 1.02. The maximum Gasteiger partial charge on any atom is 0.304 e. The predicted molar refractivity (Wildman–Crippen MR) is 39.8 cm³/mol. The lowest BCUT2D eigenvalue weighted by Gasteiger charge is -2.22. The fourth-order valence-electron chi connectivity index (χ4n) is 0.623. The SMILES string of the molecule is CC(=O)NC(C)(C)OS(=O)O. The number of nitrogens with one attached hydrogen (secondary N) is 1. The van der Waals surface area contributed by atoms with E-state index in [9.17, 15) is 9.00 Å². The first kappa shape index (κ1) is 10.5. The molecule has 6 heteroatoms. The van der Waals surface area contributed by atoms with Gasteiger partial charge in [-0.15, -0.1) is 0 Å². The van der Waals surface area contributed by atoms with E-state index in [1.165, 1.54) is 20.8 Å². The lowest BCUT2D eigenvalue weighted by molar-refractivity contribution is -0.123. The van der Waals surface area contributed by atoms with Gasteiger partial charge in [-0.05, 0) is 13.8 Å². The van der Waals surface area contributed by atoms with E-state index in [4.69, 9.17) is 4.55 Å². The summed E-state index contributed by atoms with van der Waals surface area (Å²) in [5.74, 6) is -0.319. The van der Waals surface area contributed by atoms with Crippen molar-refractivity contribution in [3.63, 3.8) is 0 Å². The molecule has 2 N–H and O–H groups in total.